The molecule has 0 saturated carbocycles. The highest BCUT2D eigenvalue weighted by Crippen LogP contribution is 2.23. The molecule has 0 saturated heterocycles. The first-order valence-corrected chi connectivity index (χ1v) is 6.85. The highest BCUT2D eigenvalue weighted by atomic mass is 32.1. The van der Waals surface area contributed by atoms with Gasteiger partial charge in [-0.25, -0.2) is 0 Å². The molecule has 0 radical (unpaired) electrons. The van der Waals surface area contributed by atoms with E-state index >= 15 is 0 Å². The molecule has 0 spiro atoms. The highest BCUT2D eigenvalue weighted by Gasteiger charge is 2.01. The van der Waals surface area contributed by atoms with Gasteiger partial charge in [-0.05, 0) is 36.1 Å². The minimum atomic E-state index is 0.908. The minimum Gasteiger partial charge on any atom is -0.487 e. The lowest BCUT2D eigenvalue weighted by atomic mass is 10.3. The van der Waals surface area contributed by atoms with Crippen molar-refractivity contribution in [3.8, 4) is 5.06 Å². The molecule has 86 valence electrons. The van der Waals surface area contributed by atoms with Crippen LogP contribution in [0.1, 0.15) is 15.3 Å². The smallest absolute Gasteiger partial charge is 0.173 e. The zero-order valence-corrected chi connectivity index (χ0v) is 11.1. The second kappa shape index (κ2) is 5.48. The van der Waals surface area contributed by atoms with Crippen molar-refractivity contribution in [2.75, 3.05) is 7.11 Å². The molecule has 0 bridgehead atoms. The lowest BCUT2D eigenvalue weighted by Crippen LogP contribution is -2.11. The minimum absolute atomic E-state index is 0.908. The summed E-state index contributed by atoms with van der Waals surface area (Å²) in [4.78, 5) is 2.73. The number of hydrogen-bond donors (Lipinski definition) is 1. The molecule has 2 rings (SSSR count). The summed E-state index contributed by atoms with van der Waals surface area (Å²) in [6.45, 7) is 4.01. The molecule has 0 atom stereocenters. The van der Waals surface area contributed by atoms with Crippen LogP contribution in [0.5, 0.6) is 5.06 Å². The normalized spacial score (nSPS) is 10.6. The molecular weight excluding hydrogens is 238 g/mol. The van der Waals surface area contributed by atoms with E-state index in [9.17, 15) is 0 Å². The van der Waals surface area contributed by atoms with E-state index in [2.05, 4.69) is 29.8 Å². The van der Waals surface area contributed by atoms with Gasteiger partial charge in [0.15, 0.2) is 5.06 Å². The molecule has 0 aliphatic carbocycles. The van der Waals surface area contributed by atoms with E-state index in [1.165, 1.54) is 15.3 Å². The fourth-order valence-corrected chi connectivity index (χ4v) is 3.11. The predicted molar refractivity (Wildman–Crippen MR) is 70.5 cm³/mol. The van der Waals surface area contributed by atoms with Crippen LogP contribution in [0, 0.1) is 6.92 Å². The largest absolute Gasteiger partial charge is 0.487 e. The molecule has 0 fully saturated rings. The molecule has 0 unspecified atom stereocenters. The van der Waals surface area contributed by atoms with Gasteiger partial charge >= 0.3 is 0 Å². The average molecular weight is 253 g/mol. The number of aryl methyl sites for hydroxylation is 1. The predicted octanol–water partition coefficient (Wildman–Crippen LogP) is 3.42. The summed E-state index contributed by atoms with van der Waals surface area (Å²) in [6.07, 6.45) is 0. The van der Waals surface area contributed by atoms with Crippen LogP contribution in [0.25, 0.3) is 0 Å². The first kappa shape index (κ1) is 11.6. The van der Waals surface area contributed by atoms with Crippen molar-refractivity contribution in [3.63, 3.8) is 0 Å². The Morgan fingerprint density at radius 1 is 1.25 bits per heavy atom. The lowest BCUT2D eigenvalue weighted by Gasteiger charge is -2.01. The van der Waals surface area contributed by atoms with E-state index in [0.717, 1.165) is 18.2 Å². The summed E-state index contributed by atoms with van der Waals surface area (Å²) in [7, 11) is 1.71. The summed E-state index contributed by atoms with van der Waals surface area (Å²) in [5, 5.41) is 6.56. The van der Waals surface area contributed by atoms with Gasteiger partial charge in [-0.2, -0.15) is 0 Å². The van der Waals surface area contributed by atoms with Gasteiger partial charge in [-0.15, -0.1) is 22.7 Å². The van der Waals surface area contributed by atoms with E-state index in [1.54, 1.807) is 18.4 Å². The van der Waals surface area contributed by atoms with Crippen molar-refractivity contribution in [1.29, 1.82) is 0 Å². The van der Waals surface area contributed by atoms with Crippen LogP contribution in [0.15, 0.2) is 23.6 Å². The standard InChI is InChI=1S/C12H15NOS2/c1-9-5-6-15-11(9)8-13-7-10-3-4-12(14-2)16-10/h3-6,13H,7-8H2,1-2H3. The summed E-state index contributed by atoms with van der Waals surface area (Å²) < 4.78 is 5.16. The number of methoxy groups -OCH3 is 1. The Morgan fingerprint density at radius 2 is 2.12 bits per heavy atom. The number of rotatable bonds is 5. The van der Waals surface area contributed by atoms with Crippen LogP contribution in [0.4, 0.5) is 0 Å². The van der Waals surface area contributed by atoms with Gasteiger partial charge in [0, 0.05) is 22.8 Å². The zero-order valence-electron chi connectivity index (χ0n) is 9.45. The summed E-state index contributed by atoms with van der Waals surface area (Å²) in [5.74, 6) is 0. The van der Waals surface area contributed by atoms with E-state index < -0.39 is 0 Å². The van der Waals surface area contributed by atoms with E-state index in [-0.39, 0.29) is 0 Å². The monoisotopic (exact) mass is 253 g/mol. The molecule has 4 heteroatoms. The zero-order chi connectivity index (χ0) is 11.4. The molecule has 0 amide bonds. The molecule has 2 nitrogen and oxygen atoms in total. The third-order valence-corrected chi connectivity index (χ3v) is 4.46. The maximum Gasteiger partial charge on any atom is 0.173 e. The quantitative estimate of drug-likeness (QED) is 0.881. The Labute approximate surface area is 104 Å². The Kier molecular flexibility index (Phi) is 3.98. The summed E-state index contributed by atoms with van der Waals surface area (Å²) >= 11 is 3.50. The molecule has 0 aromatic carbocycles. The maximum absolute atomic E-state index is 5.16. The van der Waals surface area contributed by atoms with E-state index in [0.29, 0.717) is 0 Å². The van der Waals surface area contributed by atoms with Crippen LogP contribution < -0.4 is 10.1 Å². The fourth-order valence-electron chi connectivity index (χ4n) is 1.45. The van der Waals surface area contributed by atoms with Gasteiger partial charge < -0.3 is 10.1 Å². The highest BCUT2D eigenvalue weighted by molar-refractivity contribution is 7.13. The maximum atomic E-state index is 5.16. The Morgan fingerprint density at radius 3 is 2.75 bits per heavy atom. The SMILES string of the molecule is COc1ccc(CNCc2sccc2C)s1. The summed E-state index contributed by atoms with van der Waals surface area (Å²) in [6, 6.07) is 6.28. The Balaban J connectivity index is 1.82. The van der Waals surface area contributed by atoms with Crippen LogP contribution in [-0.4, -0.2) is 7.11 Å². The molecule has 16 heavy (non-hydrogen) atoms. The van der Waals surface area contributed by atoms with Crippen molar-refractivity contribution in [2.45, 2.75) is 20.0 Å². The van der Waals surface area contributed by atoms with Gasteiger partial charge in [0.1, 0.15) is 0 Å². The van der Waals surface area contributed by atoms with E-state index in [1.807, 2.05) is 17.4 Å². The molecule has 1 N–H and O–H groups in total. The van der Waals surface area contributed by atoms with Gasteiger partial charge in [-0.3, -0.25) is 0 Å². The second-order valence-electron chi connectivity index (χ2n) is 3.56. The average Bonchev–Trinajstić information content (AvgIpc) is 2.89. The van der Waals surface area contributed by atoms with Crippen molar-refractivity contribution in [2.24, 2.45) is 0 Å². The van der Waals surface area contributed by atoms with Crippen LogP contribution in [0.2, 0.25) is 0 Å². The first-order chi connectivity index (χ1) is 7.79. The molecule has 0 aliphatic rings. The van der Waals surface area contributed by atoms with Crippen LogP contribution in [-0.2, 0) is 13.1 Å². The van der Waals surface area contributed by atoms with Crippen molar-refractivity contribution in [3.05, 3.63) is 38.9 Å². The van der Waals surface area contributed by atoms with Gasteiger partial charge in [-0.1, -0.05) is 0 Å². The molecule has 0 aliphatic heterocycles. The van der Waals surface area contributed by atoms with Crippen molar-refractivity contribution < 1.29 is 4.74 Å². The van der Waals surface area contributed by atoms with Gasteiger partial charge in [0.05, 0.1) is 7.11 Å². The first-order valence-electron chi connectivity index (χ1n) is 5.16. The third kappa shape index (κ3) is 2.84. The number of nitrogens with one attached hydrogen (secondary N) is 1. The molecule has 2 heterocycles. The lowest BCUT2D eigenvalue weighted by molar-refractivity contribution is 0.427. The fraction of sp³-hybridized carbons (Fsp3) is 0.333. The van der Waals surface area contributed by atoms with E-state index in [4.69, 9.17) is 4.74 Å². The van der Waals surface area contributed by atoms with Gasteiger partial charge in [0.2, 0.25) is 0 Å². The number of thiophene rings is 2. The molecule has 2 aromatic rings. The molecular formula is C12H15NOS2. The van der Waals surface area contributed by atoms with Crippen molar-refractivity contribution >= 4 is 22.7 Å². The molecule has 2 aromatic heterocycles. The number of ether oxygens (including phenoxy) is 1. The topological polar surface area (TPSA) is 21.3 Å². The Hall–Kier alpha value is -0.840. The third-order valence-electron chi connectivity index (χ3n) is 2.39. The number of hydrogen-bond acceptors (Lipinski definition) is 4. The van der Waals surface area contributed by atoms with Crippen molar-refractivity contribution in [1.82, 2.24) is 5.32 Å². The summed E-state index contributed by atoms with van der Waals surface area (Å²) in [5.41, 5.74) is 1.38. The van der Waals surface area contributed by atoms with Crippen LogP contribution >= 0.6 is 22.7 Å². The van der Waals surface area contributed by atoms with Crippen LogP contribution in [0.3, 0.4) is 0 Å². The van der Waals surface area contributed by atoms with Gasteiger partial charge in [0.25, 0.3) is 0 Å². The Bertz CT molecular complexity index is 447. The second-order valence-corrected chi connectivity index (χ2v) is 5.69.